The minimum Gasteiger partial charge on any atom is -0.354 e. The summed E-state index contributed by atoms with van der Waals surface area (Å²) in [7, 11) is 1.52. The molecule has 1 aromatic rings. The van der Waals surface area contributed by atoms with Crippen LogP contribution in [0.4, 0.5) is 19.0 Å². The highest BCUT2D eigenvalue weighted by atomic mass is 35.5. The molecule has 0 bridgehead atoms. The number of halogens is 4. The Morgan fingerprint density at radius 1 is 1.42 bits per heavy atom. The van der Waals surface area contributed by atoms with Gasteiger partial charge >= 0.3 is 6.18 Å². The van der Waals surface area contributed by atoms with E-state index in [1.54, 1.807) is 9.80 Å². The number of hydrogen-bond acceptors (Lipinski definition) is 4. The predicted octanol–water partition coefficient (Wildman–Crippen LogP) is 1.64. The smallest absolute Gasteiger partial charge is 0.354 e. The molecule has 1 saturated heterocycles. The number of pyridine rings is 1. The molecule has 1 aliphatic heterocycles. The van der Waals surface area contributed by atoms with Crippen LogP contribution in [0.15, 0.2) is 17.4 Å². The van der Waals surface area contributed by atoms with Crippen LogP contribution in [0.3, 0.4) is 0 Å². The standard InChI is InChI=1S/C12H14ClF3N6O2/c1-17-11(19-22(23)24)21-4-2-20(3-5-21)10-9(13)6-8(7-18-10)12(14,15)16/h6-7H,2-5H2,1H3,(H,17,19). The van der Waals surface area contributed by atoms with Crippen molar-refractivity contribution in [3.63, 3.8) is 0 Å². The van der Waals surface area contributed by atoms with Gasteiger partial charge in [0.2, 0.25) is 0 Å². The quantitative estimate of drug-likeness (QED) is 0.370. The minimum atomic E-state index is -4.51. The summed E-state index contributed by atoms with van der Waals surface area (Å²) in [6.45, 7) is 1.53. The van der Waals surface area contributed by atoms with Crippen molar-refractivity contribution < 1.29 is 18.2 Å². The van der Waals surface area contributed by atoms with Crippen LogP contribution >= 0.6 is 11.6 Å². The van der Waals surface area contributed by atoms with Crippen LogP contribution < -0.4 is 10.2 Å². The number of nitrogens with zero attached hydrogens (tertiary/aromatic N) is 5. The fraction of sp³-hybridized carbons (Fsp3) is 0.500. The van der Waals surface area contributed by atoms with E-state index in [0.29, 0.717) is 26.2 Å². The molecule has 0 atom stereocenters. The normalized spacial score (nSPS) is 16.3. The van der Waals surface area contributed by atoms with Crippen LogP contribution in [-0.2, 0) is 6.18 Å². The molecule has 0 aliphatic carbocycles. The van der Waals surface area contributed by atoms with Gasteiger partial charge in [0.25, 0.3) is 5.96 Å². The first-order valence-electron chi connectivity index (χ1n) is 6.85. The van der Waals surface area contributed by atoms with E-state index < -0.39 is 16.8 Å². The number of rotatable bonds is 2. The molecule has 1 N–H and O–H groups in total. The van der Waals surface area contributed by atoms with Crippen molar-refractivity contribution in [3.05, 3.63) is 33.0 Å². The van der Waals surface area contributed by atoms with Crippen molar-refractivity contribution in [2.75, 3.05) is 38.1 Å². The van der Waals surface area contributed by atoms with Crippen molar-refractivity contribution in [2.24, 2.45) is 5.10 Å². The molecule has 0 saturated carbocycles. The molecule has 0 unspecified atom stereocenters. The predicted molar refractivity (Wildman–Crippen MR) is 81.5 cm³/mol. The van der Waals surface area contributed by atoms with E-state index in [4.69, 9.17) is 11.6 Å². The molecule has 24 heavy (non-hydrogen) atoms. The second kappa shape index (κ2) is 7.07. The molecule has 2 rings (SSSR count). The second-order valence-corrected chi connectivity index (χ2v) is 5.32. The molecule has 12 heteroatoms. The Kier molecular flexibility index (Phi) is 5.32. The largest absolute Gasteiger partial charge is 0.417 e. The number of anilines is 1. The Morgan fingerprint density at radius 3 is 2.50 bits per heavy atom. The van der Waals surface area contributed by atoms with Crippen LogP contribution in [0, 0.1) is 10.1 Å². The lowest BCUT2D eigenvalue weighted by molar-refractivity contribution is -0.485. The van der Waals surface area contributed by atoms with Crippen molar-refractivity contribution >= 4 is 23.4 Å². The third-order valence-electron chi connectivity index (χ3n) is 3.43. The summed E-state index contributed by atoms with van der Waals surface area (Å²) in [4.78, 5) is 17.7. The summed E-state index contributed by atoms with van der Waals surface area (Å²) in [5.41, 5.74) is -0.912. The molecule has 1 aliphatic rings. The number of piperazine rings is 1. The van der Waals surface area contributed by atoms with E-state index in [1.165, 1.54) is 7.05 Å². The Balaban J connectivity index is 2.09. The molecule has 1 fully saturated rings. The van der Waals surface area contributed by atoms with Gasteiger partial charge in [0, 0.05) is 39.4 Å². The fourth-order valence-electron chi connectivity index (χ4n) is 2.30. The topological polar surface area (TPSA) is 86.9 Å². The van der Waals surface area contributed by atoms with Gasteiger partial charge in [0.1, 0.15) is 10.9 Å². The van der Waals surface area contributed by atoms with Crippen LogP contribution in [0.2, 0.25) is 5.02 Å². The summed E-state index contributed by atoms with van der Waals surface area (Å²) in [5.74, 6) is 0.368. The molecule has 0 spiro atoms. The van der Waals surface area contributed by atoms with Crippen LogP contribution in [0.5, 0.6) is 0 Å². The molecular weight excluding hydrogens is 353 g/mol. The summed E-state index contributed by atoms with van der Waals surface area (Å²) >= 11 is 5.92. The summed E-state index contributed by atoms with van der Waals surface area (Å²) in [5, 5.41) is 15.5. The molecular formula is C12H14ClF3N6O2. The Hall–Kier alpha value is -2.30. The SMILES string of the molecule is CNC(=N[N+](=O)[O-])N1CCN(c2ncc(C(F)(F)F)cc2Cl)CC1. The van der Waals surface area contributed by atoms with Gasteiger partial charge in [-0.25, -0.2) is 15.1 Å². The molecule has 0 amide bonds. The lowest BCUT2D eigenvalue weighted by atomic mass is 10.2. The average molecular weight is 367 g/mol. The third-order valence-corrected chi connectivity index (χ3v) is 3.71. The fourth-order valence-corrected chi connectivity index (χ4v) is 2.58. The Morgan fingerprint density at radius 2 is 2.04 bits per heavy atom. The van der Waals surface area contributed by atoms with Crippen molar-refractivity contribution in [2.45, 2.75) is 6.18 Å². The monoisotopic (exact) mass is 366 g/mol. The average Bonchev–Trinajstić information content (AvgIpc) is 2.52. The minimum absolute atomic E-state index is 0.0916. The van der Waals surface area contributed by atoms with Crippen molar-refractivity contribution in [1.29, 1.82) is 0 Å². The van der Waals surface area contributed by atoms with Crippen LogP contribution in [-0.4, -0.2) is 54.1 Å². The Bertz CT molecular complexity index is 646. The first kappa shape index (κ1) is 18.0. The molecule has 1 aromatic heterocycles. The summed E-state index contributed by atoms with van der Waals surface area (Å²) < 4.78 is 37.9. The van der Waals surface area contributed by atoms with Gasteiger partial charge in [0.15, 0.2) is 5.03 Å². The van der Waals surface area contributed by atoms with Crippen molar-refractivity contribution in [1.82, 2.24) is 15.2 Å². The molecule has 0 radical (unpaired) electrons. The molecule has 132 valence electrons. The van der Waals surface area contributed by atoms with Crippen molar-refractivity contribution in [3.8, 4) is 0 Å². The Labute approximate surface area is 140 Å². The number of nitro groups is 1. The first-order valence-corrected chi connectivity index (χ1v) is 7.23. The molecule has 8 nitrogen and oxygen atoms in total. The zero-order valence-corrected chi connectivity index (χ0v) is 13.3. The van der Waals surface area contributed by atoms with Gasteiger partial charge in [-0.1, -0.05) is 11.6 Å². The summed E-state index contributed by atoms with van der Waals surface area (Å²) in [6.07, 6.45) is -3.77. The highest BCUT2D eigenvalue weighted by molar-refractivity contribution is 6.33. The zero-order valence-electron chi connectivity index (χ0n) is 12.5. The highest BCUT2D eigenvalue weighted by Gasteiger charge is 2.32. The number of nitrogens with one attached hydrogen (secondary N) is 1. The number of hydrogen-bond donors (Lipinski definition) is 1. The van der Waals surface area contributed by atoms with E-state index in [1.807, 2.05) is 0 Å². The van der Waals surface area contributed by atoms with Crippen LogP contribution in [0.25, 0.3) is 0 Å². The van der Waals surface area contributed by atoms with Gasteiger partial charge in [-0.3, -0.25) is 0 Å². The molecule has 2 heterocycles. The van der Waals surface area contributed by atoms with Gasteiger partial charge in [0.05, 0.1) is 10.6 Å². The van der Waals surface area contributed by atoms with Crippen LogP contribution in [0.1, 0.15) is 5.56 Å². The first-order chi connectivity index (χ1) is 11.2. The number of guanidine groups is 1. The van der Waals surface area contributed by atoms with E-state index in [2.05, 4.69) is 15.4 Å². The third kappa shape index (κ3) is 4.16. The van der Waals surface area contributed by atoms with Gasteiger partial charge in [-0.05, 0) is 6.07 Å². The number of alkyl halides is 3. The number of hydrazone groups is 1. The van der Waals surface area contributed by atoms with Gasteiger partial charge < -0.3 is 15.1 Å². The lowest BCUT2D eigenvalue weighted by Gasteiger charge is -2.36. The highest BCUT2D eigenvalue weighted by Crippen LogP contribution is 2.33. The van der Waals surface area contributed by atoms with Gasteiger partial charge in [-0.15, -0.1) is 0 Å². The maximum atomic E-state index is 12.6. The summed E-state index contributed by atoms with van der Waals surface area (Å²) in [6, 6.07) is 0.837. The van der Waals surface area contributed by atoms with E-state index in [9.17, 15) is 23.3 Å². The molecule has 0 aromatic carbocycles. The lowest BCUT2D eigenvalue weighted by Crippen LogP contribution is -2.52. The second-order valence-electron chi connectivity index (χ2n) is 4.91. The maximum absolute atomic E-state index is 12.6. The van der Waals surface area contributed by atoms with E-state index in [-0.39, 0.29) is 16.8 Å². The van der Waals surface area contributed by atoms with E-state index >= 15 is 0 Å². The zero-order chi connectivity index (χ0) is 17.9. The van der Waals surface area contributed by atoms with E-state index in [0.717, 1.165) is 12.3 Å². The maximum Gasteiger partial charge on any atom is 0.417 e. The number of aromatic nitrogens is 1. The van der Waals surface area contributed by atoms with Gasteiger partial charge in [-0.2, -0.15) is 13.2 Å².